The van der Waals surface area contributed by atoms with Gasteiger partial charge in [-0.05, 0) is 6.07 Å². The van der Waals surface area contributed by atoms with Gasteiger partial charge in [-0.1, -0.05) is 36.4 Å². The molecule has 15 heavy (non-hydrogen) atoms. The molecule has 2 aromatic rings. The van der Waals surface area contributed by atoms with Crippen LogP contribution in [0.15, 0.2) is 57.7 Å². The van der Waals surface area contributed by atoms with Crippen molar-refractivity contribution in [3.63, 3.8) is 0 Å². The molecule has 0 aliphatic rings. The smallest absolute Gasteiger partial charge is 0.336 e. The highest BCUT2D eigenvalue weighted by molar-refractivity contribution is 6.06. The maximum atomic E-state index is 11.8. The molecule has 0 unspecified atom stereocenters. The molecule has 1 aromatic carbocycles. The van der Waals surface area contributed by atoms with Crippen molar-refractivity contribution in [2.45, 2.75) is 0 Å². The highest BCUT2D eigenvalue weighted by Gasteiger charge is 2.10. The number of benzene rings is 1. The maximum Gasteiger partial charge on any atom is 0.336 e. The molecule has 1 heterocycles. The summed E-state index contributed by atoms with van der Waals surface area (Å²) in [4.78, 5) is 22.7. The lowest BCUT2D eigenvalue weighted by molar-refractivity contribution is 0.100. The van der Waals surface area contributed by atoms with Crippen LogP contribution in [-0.2, 0) is 0 Å². The Hall–Kier alpha value is -2.16. The van der Waals surface area contributed by atoms with Gasteiger partial charge < -0.3 is 4.42 Å². The van der Waals surface area contributed by atoms with Gasteiger partial charge in [0.1, 0.15) is 0 Å². The Kier molecular flexibility index (Phi) is 2.46. The van der Waals surface area contributed by atoms with Crippen molar-refractivity contribution in [2.75, 3.05) is 0 Å². The van der Waals surface area contributed by atoms with Gasteiger partial charge in [-0.25, -0.2) is 4.79 Å². The molecule has 0 amide bonds. The molecule has 0 bridgehead atoms. The highest BCUT2D eigenvalue weighted by atomic mass is 16.4. The minimum absolute atomic E-state index is 0.0636. The molecule has 1 aromatic heterocycles. The van der Waals surface area contributed by atoms with E-state index >= 15 is 0 Å². The van der Waals surface area contributed by atoms with Gasteiger partial charge in [0.25, 0.3) is 0 Å². The van der Waals surface area contributed by atoms with Crippen LogP contribution in [0, 0.1) is 0 Å². The Labute approximate surface area is 86.0 Å². The zero-order valence-electron chi connectivity index (χ0n) is 7.84. The topological polar surface area (TPSA) is 47.3 Å². The molecule has 2 rings (SSSR count). The maximum absolute atomic E-state index is 11.8. The van der Waals surface area contributed by atoms with E-state index < -0.39 is 5.63 Å². The van der Waals surface area contributed by atoms with Crippen molar-refractivity contribution >= 4 is 5.78 Å². The Morgan fingerprint density at radius 1 is 0.933 bits per heavy atom. The van der Waals surface area contributed by atoms with Crippen molar-refractivity contribution in [2.24, 2.45) is 0 Å². The van der Waals surface area contributed by atoms with Gasteiger partial charge in [0.15, 0.2) is 5.76 Å². The Bertz CT molecular complexity index is 526. The summed E-state index contributed by atoms with van der Waals surface area (Å²) in [5.41, 5.74) is -0.0105. The number of carbonyl (C=O) groups excluding carboxylic acids is 1. The van der Waals surface area contributed by atoms with Crippen LogP contribution in [0.5, 0.6) is 0 Å². The first kappa shape index (κ1) is 9.40. The van der Waals surface area contributed by atoms with Gasteiger partial charge in [0.2, 0.25) is 5.78 Å². The summed E-state index contributed by atoms with van der Waals surface area (Å²) >= 11 is 0. The van der Waals surface area contributed by atoms with E-state index in [1.54, 1.807) is 24.3 Å². The second-order valence-electron chi connectivity index (χ2n) is 3.01. The fraction of sp³-hybridized carbons (Fsp3) is 0. The minimum atomic E-state index is -0.517. The van der Waals surface area contributed by atoms with Crippen LogP contribution in [0.4, 0.5) is 0 Å². The lowest BCUT2D eigenvalue weighted by atomic mass is 10.1. The summed E-state index contributed by atoms with van der Waals surface area (Å²) in [6, 6.07) is 12.9. The van der Waals surface area contributed by atoms with E-state index in [2.05, 4.69) is 0 Å². The molecule has 0 radical (unpaired) electrons. The molecular weight excluding hydrogens is 192 g/mol. The SMILES string of the molecule is O=C(c1ccccc1)c1cccc(=O)o1. The summed E-state index contributed by atoms with van der Waals surface area (Å²) in [5, 5.41) is 0. The molecule has 0 aliphatic carbocycles. The average molecular weight is 200 g/mol. The standard InChI is InChI=1S/C12H8O3/c13-11-8-4-7-10(15-11)12(14)9-5-2-1-3-6-9/h1-8H. The van der Waals surface area contributed by atoms with Gasteiger partial charge in [0.05, 0.1) is 0 Å². The van der Waals surface area contributed by atoms with E-state index in [1.165, 1.54) is 18.2 Å². The highest BCUT2D eigenvalue weighted by Crippen LogP contribution is 2.07. The molecule has 0 saturated carbocycles. The summed E-state index contributed by atoms with van der Waals surface area (Å²) in [6.45, 7) is 0. The predicted molar refractivity (Wildman–Crippen MR) is 54.9 cm³/mol. The fourth-order valence-electron chi connectivity index (χ4n) is 1.24. The Balaban J connectivity index is 2.42. The third kappa shape index (κ3) is 2.02. The van der Waals surface area contributed by atoms with E-state index in [0.29, 0.717) is 5.56 Å². The molecule has 0 fully saturated rings. The number of hydrogen-bond donors (Lipinski definition) is 0. The lowest BCUT2D eigenvalue weighted by Gasteiger charge is -1.97. The number of carbonyl (C=O) groups is 1. The van der Waals surface area contributed by atoms with Crippen molar-refractivity contribution < 1.29 is 9.21 Å². The molecule has 3 heteroatoms. The first-order chi connectivity index (χ1) is 7.27. The molecule has 0 aliphatic heterocycles. The van der Waals surface area contributed by atoms with Crippen LogP contribution in [0.1, 0.15) is 16.1 Å². The monoisotopic (exact) mass is 200 g/mol. The second kappa shape index (κ2) is 3.92. The summed E-state index contributed by atoms with van der Waals surface area (Å²) in [6.07, 6.45) is 0. The zero-order chi connectivity index (χ0) is 10.7. The Morgan fingerprint density at radius 3 is 2.33 bits per heavy atom. The first-order valence-electron chi connectivity index (χ1n) is 4.47. The lowest BCUT2D eigenvalue weighted by Crippen LogP contribution is -2.05. The van der Waals surface area contributed by atoms with Gasteiger partial charge in [0, 0.05) is 11.6 Å². The van der Waals surface area contributed by atoms with Gasteiger partial charge >= 0.3 is 5.63 Å². The van der Waals surface area contributed by atoms with Crippen LogP contribution in [0.2, 0.25) is 0 Å². The number of ketones is 1. The molecule has 0 N–H and O–H groups in total. The van der Waals surface area contributed by atoms with E-state index in [9.17, 15) is 9.59 Å². The normalized spacial score (nSPS) is 9.87. The van der Waals surface area contributed by atoms with E-state index in [1.807, 2.05) is 6.07 Å². The summed E-state index contributed by atoms with van der Waals surface area (Å²) in [5.74, 6) is -0.220. The van der Waals surface area contributed by atoms with Crippen LogP contribution in [0.25, 0.3) is 0 Å². The molecular formula is C12H8O3. The largest absolute Gasteiger partial charge is 0.419 e. The zero-order valence-corrected chi connectivity index (χ0v) is 7.84. The molecule has 0 saturated heterocycles. The molecule has 0 spiro atoms. The predicted octanol–water partition coefficient (Wildman–Crippen LogP) is 1.87. The summed E-state index contributed by atoms with van der Waals surface area (Å²) < 4.78 is 4.79. The van der Waals surface area contributed by atoms with Crippen molar-refractivity contribution in [3.05, 3.63) is 70.3 Å². The number of hydrogen-bond acceptors (Lipinski definition) is 3. The third-order valence-corrected chi connectivity index (χ3v) is 1.95. The Morgan fingerprint density at radius 2 is 1.67 bits per heavy atom. The summed E-state index contributed by atoms with van der Waals surface area (Å²) in [7, 11) is 0. The minimum Gasteiger partial charge on any atom is -0.419 e. The van der Waals surface area contributed by atoms with Gasteiger partial charge in [-0.15, -0.1) is 0 Å². The second-order valence-corrected chi connectivity index (χ2v) is 3.01. The van der Waals surface area contributed by atoms with Crippen molar-refractivity contribution in [3.8, 4) is 0 Å². The molecule has 0 atom stereocenters. The van der Waals surface area contributed by atoms with Gasteiger partial charge in [-0.2, -0.15) is 0 Å². The third-order valence-electron chi connectivity index (χ3n) is 1.95. The first-order valence-corrected chi connectivity index (χ1v) is 4.47. The van der Waals surface area contributed by atoms with E-state index in [4.69, 9.17) is 4.42 Å². The van der Waals surface area contributed by atoms with E-state index in [-0.39, 0.29) is 11.5 Å². The van der Waals surface area contributed by atoms with E-state index in [0.717, 1.165) is 0 Å². The molecule has 3 nitrogen and oxygen atoms in total. The fourth-order valence-corrected chi connectivity index (χ4v) is 1.24. The van der Waals surface area contributed by atoms with Crippen molar-refractivity contribution in [1.82, 2.24) is 0 Å². The van der Waals surface area contributed by atoms with Crippen LogP contribution in [-0.4, -0.2) is 5.78 Å². The van der Waals surface area contributed by atoms with Crippen LogP contribution in [0.3, 0.4) is 0 Å². The van der Waals surface area contributed by atoms with Gasteiger partial charge in [-0.3, -0.25) is 4.79 Å². The van der Waals surface area contributed by atoms with Crippen molar-refractivity contribution in [1.29, 1.82) is 0 Å². The average Bonchev–Trinajstić information content (AvgIpc) is 2.29. The van der Waals surface area contributed by atoms with Crippen LogP contribution >= 0.6 is 0 Å². The quantitative estimate of drug-likeness (QED) is 0.695. The van der Waals surface area contributed by atoms with Crippen LogP contribution < -0.4 is 5.63 Å². The molecule has 74 valence electrons. The number of rotatable bonds is 2.